The van der Waals surface area contributed by atoms with Gasteiger partial charge in [-0.05, 0) is 25.0 Å². The first-order valence-electron chi connectivity index (χ1n) is 7.01. The van der Waals surface area contributed by atoms with E-state index in [0.29, 0.717) is 12.2 Å². The van der Waals surface area contributed by atoms with E-state index in [1.165, 1.54) is 0 Å². The second-order valence-corrected chi connectivity index (χ2v) is 4.69. The molecule has 0 bridgehead atoms. The number of hydrogen-bond acceptors (Lipinski definition) is 3. The monoisotopic (exact) mass is 272 g/mol. The van der Waals surface area contributed by atoms with Crippen LogP contribution in [0, 0.1) is 0 Å². The number of carbonyl (C=O) groups excluding carboxylic acids is 1. The van der Waals surface area contributed by atoms with E-state index in [9.17, 15) is 4.79 Å². The molecule has 0 aromatic carbocycles. The Labute approximate surface area is 119 Å². The van der Waals surface area contributed by atoms with Crippen molar-refractivity contribution in [2.24, 2.45) is 0 Å². The van der Waals surface area contributed by atoms with Gasteiger partial charge in [-0.25, -0.2) is 4.98 Å². The van der Waals surface area contributed by atoms with E-state index in [1.807, 2.05) is 18.6 Å². The number of amides is 1. The maximum absolute atomic E-state index is 11.7. The lowest BCUT2D eigenvalue weighted by molar-refractivity contribution is 0.0948. The van der Waals surface area contributed by atoms with Crippen molar-refractivity contribution in [3.63, 3.8) is 0 Å². The van der Waals surface area contributed by atoms with Crippen molar-refractivity contribution in [3.8, 4) is 0 Å². The molecule has 1 N–H and O–H groups in total. The fourth-order valence-electron chi connectivity index (χ4n) is 1.98. The van der Waals surface area contributed by atoms with Crippen molar-refractivity contribution < 1.29 is 4.79 Å². The minimum atomic E-state index is -0.0935. The largest absolute Gasteiger partial charge is 0.351 e. The van der Waals surface area contributed by atoms with Gasteiger partial charge in [0, 0.05) is 31.7 Å². The third-order valence-electron chi connectivity index (χ3n) is 3.09. The molecule has 0 aliphatic heterocycles. The number of aromatic nitrogens is 3. The molecule has 2 aromatic heterocycles. The van der Waals surface area contributed by atoms with E-state index in [-0.39, 0.29) is 5.91 Å². The van der Waals surface area contributed by atoms with E-state index >= 15 is 0 Å². The molecule has 0 saturated heterocycles. The van der Waals surface area contributed by atoms with Gasteiger partial charge in [0.2, 0.25) is 0 Å². The first-order chi connectivity index (χ1) is 9.86. The zero-order chi connectivity index (χ0) is 14.0. The van der Waals surface area contributed by atoms with Crippen LogP contribution in [0.1, 0.15) is 36.2 Å². The number of aryl methyl sites for hydroxylation is 1. The van der Waals surface area contributed by atoms with Gasteiger partial charge < -0.3 is 9.88 Å². The number of imidazole rings is 1. The molecule has 2 aromatic rings. The van der Waals surface area contributed by atoms with Crippen LogP contribution in [0.25, 0.3) is 0 Å². The third-order valence-corrected chi connectivity index (χ3v) is 3.09. The molecule has 5 nitrogen and oxygen atoms in total. The molecule has 2 heterocycles. The highest BCUT2D eigenvalue weighted by Crippen LogP contribution is 2.02. The molecule has 5 heteroatoms. The van der Waals surface area contributed by atoms with Crippen LogP contribution < -0.4 is 5.32 Å². The maximum Gasteiger partial charge on any atom is 0.269 e. The van der Waals surface area contributed by atoms with E-state index in [0.717, 1.165) is 32.2 Å². The lowest BCUT2D eigenvalue weighted by Crippen LogP contribution is -2.25. The summed E-state index contributed by atoms with van der Waals surface area (Å²) in [6, 6.07) is 5.34. The highest BCUT2D eigenvalue weighted by atomic mass is 16.1. The zero-order valence-electron chi connectivity index (χ0n) is 11.5. The predicted molar refractivity (Wildman–Crippen MR) is 77.3 cm³/mol. The molecule has 0 saturated carbocycles. The topological polar surface area (TPSA) is 59.8 Å². The summed E-state index contributed by atoms with van der Waals surface area (Å²) in [5.74, 6) is -0.0935. The number of carbonyl (C=O) groups is 1. The lowest BCUT2D eigenvalue weighted by atomic mass is 10.2. The van der Waals surface area contributed by atoms with Crippen molar-refractivity contribution in [2.75, 3.05) is 6.54 Å². The summed E-state index contributed by atoms with van der Waals surface area (Å²) < 4.78 is 2.09. The van der Waals surface area contributed by atoms with Gasteiger partial charge in [0.25, 0.3) is 5.91 Å². The van der Waals surface area contributed by atoms with Crippen LogP contribution in [0.4, 0.5) is 0 Å². The second-order valence-electron chi connectivity index (χ2n) is 4.69. The number of unbranched alkanes of at least 4 members (excludes halogenated alkanes) is 3. The SMILES string of the molecule is O=C(NCCCCCCn1ccnc1)c1ccccn1. The summed E-state index contributed by atoms with van der Waals surface area (Å²) in [5.41, 5.74) is 0.479. The first kappa shape index (κ1) is 14.2. The summed E-state index contributed by atoms with van der Waals surface area (Å²) in [5, 5.41) is 2.89. The van der Waals surface area contributed by atoms with Gasteiger partial charge in [0.05, 0.1) is 6.33 Å². The Morgan fingerprint density at radius 2 is 2.05 bits per heavy atom. The van der Waals surface area contributed by atoms with Crippen LogP contribution in [0.15, 0.2) is 43.1 Å². The minimum Gasteiger partial charge on any atom is -0.351 e. The number of pyridine rings is 1. The molecule has 0 radical (unpaired) electrons. The molecule has 0 fully saturated rings. The quantitative estimate of drug-likeness (QED) is 0.750. The number of nitrogens with one attached hydrogen (secondary N) is 1. The summed E-state index contributed by atoms with van der Waals surface area (Å²) in [7, 11) is 0. The lowest BCUT2D eigenvalue weighted by Gasteiger charge is -2.05. The van der Waals surface area contributed by atoms with Gasteiger partial charge in [0.15, 0.2) is 0 Å². The van der Waals surface area contributed by atoms with E-state index in [2.05, 4.69) is 19.9 Å². The Bertz CT molecular complexity index is 496. The number of hydrogen-bond donors (Lipinski definition) is 1. The van der Waals surface area contributed by atoms with Crippen LogP contribution >= 0.6 is 0 Å². The van der Waals surface area contributed by atoms with Crippen molar-refractivity contribution in [2.45, 2.75) is 32.2 Å². The van der Waals surface area contributed by atoms with E-state index in [4.69, 9.17) is 0 Å². The Morgan fingerprint density at radius 3 is 2.80 bits per heavy atom. The van der Waals surface area contributed by atoms with Gasteiger partial charge in [-0.3, -0.25) is 9.78 Å². The van der Waals surface area contributed by atoms with Gasteiger partial charge in [-0.2, -0.15) is 0 Å². The molecule has 0 aliphatic rings. The van der Waals surface area contributed by atoms with Crippen LogP contribution in [0.5, 0.6) is 0 Å². The Morgan fingerprint density at radius 1 is 1.15 bits per heavy atom. The predicted octanol–water partition coefficient (Wildman–Crippen LogP) is 2.27. The summed E-state index contributed by atoms with van der Waals surface area (Å²) >= 11 is 0. The standard InChI is InChI=1S/C15H20N4O/c20-15(14-7-3-5-8-17-14)18-9-4-1-2-6-11-19-12-10-16-13-19/h3,5,7-8,10,12-13H,1-2,4,6,9,11H2,(H,18,20). The molecule has 0 unspecified atom stereocenters. The molecule has 0 atom stereocenters. The van der Waals surface area contributed by atoms with Gasteiger partial charge in [0.1, 0.15) is 5.69 Å². The van der Waals surface area contributed by atoms with Gasteiger partial charge in [-0.15, -0.1) is 0 Å². The fraction of sp³-hybridized carbons (Fsp3) is 0.400. The van der Waals surface area contributed by atoms with E-state index in [1.54, 1.807) is 24.5 Å². The molecular weight excluding hydrogens is 252 g/mol. The number of nitrogens with zero attached hydrogens (tertiary/aromatic N) is 3. The van der Waals surface area contributed by atoms with Crippen molar-refractivity contribution in [1.82, 2.24) is 19.9 Å². The highest BCUT2D eigenvalue weighted by molar-refractivity contribution is 5.92. The van der Waals surface area contributed by atoms with Crippen LogP contribution in [-0.4, -0.2) is 27.0 Å². The van der Waals surface area contributed by atoms with Crippen LogP contribution in [-0.2, 0) is 6.54 Å². The molecule has 0 spiro atoms. The third kappa shape index (κ3) is 4.84. The van der Waals surface area contributed by atoms with Gasteiger partial charge >= 0.3 is 0 Å². The van der Waals surface area contributed by atoms with Crippen LogP contribution in [0.2, 0.25) is 0 Å². The summed E-state index contributed by atoms with van der Waals surface area (Å²) in [6.07, 6.45) is 11.7. The van der Waals surface area contributed by atoms with Crippen molar-refractivity contribution in [1.29, 1.82) is 0 Å². The molecule has 0 aliphatic carbocycles. The van der Waals surface area contributed by atoms with E-state index < -0.39 is 0 Å². The Hall–Kier alpha value is -2.17. The molecule has 2 rings (SSSR count). The highest BCUT2D eigenvalue weighted by Gasteiger charge is 2.04. The minimum absolute atomic E-state index is 0.0935. The number of rotatable bonds is 8. The Balaban J connectivity index is 1.50. The van der Waals surface area contributed by atoms with Crippen LogP contribution in [0.3, 0.4) is 0 Å². The molecule has 20 heavy (non-hydrogen) atoms. The Kier molecular flexibility index (Phi) is 5.76. The second kappa shape index (κ2) is 8.09. The maximum atomic E-state index is 11.7. The van der Waals surface area contributed by atoms with Gasteiger partial charge in [-0.1, -0.05) is 18.9 Å². The van der Waals surface area contributed by atoms with Crippen molar-refractivity contribution >= 4 is 5.91 Å². The molecule has 106 valence electrons. The normalized spacial score (nSPS) is 10.4. The summed E-state index contributed by atoms with van der Waals surface area (Å²) in [6.45, 7) is 1.72. The summed E-state index contributed by atoms with van der Waals surface area (Å²) in [4.78, 5) is 19.7. The first-order valence-corrected chi connectivity index (χ1v) is 7.01. The van der Waals surface area contributed by atoms with Crippen molar-refractivity contribution in [3.05, 3.63) is 48.8 Å². The average molecular weight is 272 g/mol. The molecule has 1 amide bonds. The average Bonchev–Trinajstić information content (AvgIpc) is 3.00. The zero-order valence-corrected chi connectivity index (χ0v) is 11.5. The fourth-order valence-corrected chi connectivity index (χ4v) is 1.98. The smallest absolute Gasteiger partial charge is 0.269 e. The molecular formula is C15H20N4O.